The van der Waals surface area contributed by atoms with Crippen molar-refractivity contribution in [1.29, 1.82) is 0 Å². The van der Waals surface area contributed by atoms with E-state index in [1.165, 1.54) is 6.07 Å². The van der Waals surface area contributed by atoms with Gasteiger partial charge < -0.3 is 10.1 Å². The van der Waals surface area contributed by atoms with Crippen molar-refractivity contribution >= 4 is 12.0 Å². The van der Waals surface area contributed by atoms with Crippen molar-refractivity contribution in [2.24, 2.45) is 5.92 Å². The van der Waals surface area contributed by atoms with Gasteiger partial charge in [-0.3, -0.25) is 0 Å². The topological polar surface area (TPSA) is 29.1 Å². The predicted molar refractivity (Wildman–Crippen MR) is 86.7 cm³/mol. The average Bonchev–Trinajstić information content (AvgIpc) is 2.59. The van der Waals surface area contributed by atoms with Gasteiger partial charge in [-0.2, -0.15) is 13.2 Å². The van der Waals surface area contributed by atoms with Crippen molar-refractivity contribution in [2.75, 3.05) is 5.32 Å². The Morgan fingerprint density at radius 2 is 1.79 bits per heavy atom. The molecule has 0 fully saturated rings. The Morgan fingerprint density at radius 1 is 1.08 bits per heavy atom. The van der Waals surface area contributed by atoms with Crippen LogP contribution in [0, 0.1) is 5.92 Å². The van der Waals surface area contributed by atoms with Gasteiger partial charge in [0.1, 0.15) is 6.29 Å². The molecule has 3 atom stereocenters. The van der Waals surface area contributed by atoms with Gasteiger partial charge in [0.25, 0.3) is 0 Å². The highest BCUT2D eigenvalue weighted by molar-refractivity contribution is 5.69. The summed E-state index contributed by atoms with van der Waals surface area (Å²) in [6.45, 7) is 3.77. The van der Waals surface area contributed by atoms with Gasteiger partial charge in [-0.25, -0.2) is 0 Å². The van der Waals surface area contributed by atoms with Crippen molar-refractivity contribution in [2.45, 2.75) is 18.1 Å². The van der Waals surface area contributed by atoms with E-state index in [-0.39, 0.29) is 5.92 Å². The fourth-order valence-electron chi connectivity index (χ4n) is 3.24. The molecule has 0 saturated heterocycles. The summed E-state index contributed by atoms with van der Waals surface area (Å²) in [6, 6.07) is 12.4. The van der Waals surface area contributed by atoms with Gasteiger partial charge in [0.05, 0.1) is 11.6 Å². The van der Waals surface area contributed by atoms with E-state index in [1.54, 1.807) is 6.08 Å². The first-order chi connectivity index (χ1) is 11.5. The second-order valence-corrected chi connectivity index (χ2v) is 5.81. The third kappa shape index (κ3) is 2.82. The van der Waals surface area contributed by atoms with Gasteiger partial charge in [-0.05, 0) is 23.3 Å². The van der Waals surface area contributed by atoms with E-state index in [1.807, 2.05) is 30.3 Å². The highest BCUT2D eigenvalue weighted by atomic mass is 19.4. The van der Waals surface area contributed by atoms with Crippen LogP contribution in [0.3, 0.4) is 0 Å². The summed E-state index contributed by atoms with van der Waals surface area (Å²) in [5, 5.41) is 3.11. The first kappa shape index (κ1) is 16.3. The van der Waals surface area contributed by atoms with E-state index in [2.05, 4.69) is 11.9 Å². The van der Waals surface area contributed by atoms with Crippen LogP contribution in [0.4, 0.5) is 18.9 Å². The van der Waals surface area contributed by atoms with Crippen LogP contribution in [0.1, 0.15) is 28.7 Å². The van der Waals surface area contributed by atoms with Gasteiger partial charge in [-0.1, -0.05) is 42.5 Å². The minimum Gasteiger partial charge on any atom is -0.377 e. The number of halogens is 3. The Kier molecular flexibility index (Phi) is 4.18. The predicted octanol–water partition coefficient (Wildman–Crippen LogP) is 4.96. The summed E-state index contributed by atoms with van der Waals surface area (Å²) < 4.78 is 39.0. The van der Waals surface area contributed by atoms with Crippen LogP contribution in [-0.4, -0.2) is 6.29 Å². The SMILES string of the molecule is C=C[C@@H]1c2ccc(C(F)(F)F)cc2N[C@H](c2ccccc2)[C@H]1C=O. The molecule has 0 radical (unpaired) electrons. The minimum atomic E-state index is -4.41. The number of fused-ring (bicyclic) bond motifs is 1. The Balaban J connectivity index is 2.11. The second kappa shape index (κ2) is 6.15. The Bertz CT molecular complexity index is 755. The molecule has 3 rings (SSSR count). The summed E-state index contributed by atoms with van der Waals surface area (Å²) >= 11 is 0. The third-order valence-electron chi connectivity index (χ3n) is 4.42. The fourth-order valence-corrected chi connectivity index (χ4v) is 3.24. The fraction of sp³-hybridized carbons (Fsp3) is 0.211. The maximum Gasteiger partial charge on any atom is 0.416 e. The number of benzene rings is 2. The molecule has 0 bridgehead atoms. The molecule has 1 aliphatic heterocycles. The van der Waals surface area contributed by atoms with Gasteiger partial charge >= 0.3 is 6.18 Å². The van der Waals surface area contributed by atoms with Crippen LogP contribution in [0.25, 0.3) is 0 Å². The lowest BCUT2D eigenvalue weighted by Gasteiger charge is -2.37. The molecule has 0 amide bonds. The summed E-state index contributed by atoms with van der Waals surface area (Å²) in [4.78, 5) is 11.7. The number of alkyl halides is 3. The van der Waals surface area contributed by atoms with Crippen molar-refractivity contribution < 1.29 is 18.0 Å². The first-order valence-electron chi connectivity index (χ1n) is 7.56. The van der Waals surface area contributed by atoms with Gasteiger partial charge in [0.15, 0.2) is 0 Å². The lowest BCUT2D eigenvalue weighted by Crippen LogP contribution is -2.32. The quantitative estimate of drug-likeness (QED) is 0.636. The Labute approximate surface area is 138 Å². The van der Waals surface area contributed by atoms with E-state index < -0.39 is 23.7 Å². The van der Waals surface area contributed by atoms with Gasteiger partial charge in [-0.15, -0.1) is 6.58 Å². The van der Waals surface area contributed by atoms with Crippen molar-refractivity contribution in [3.63, 3.8) is 0 Å². The molecule has 2 aromatic rings. The molecule has 1 aliphatic rings. The lowest BCUT2D eigenvalue weighted by molar-refractivity contribution is -0.137. The smallest absolute Gasteiger partial charge is 0.377 e. The zero-order valence-electron chi connectivity index (χ0n) is 12.8. The van der Waals surface area contributed by atoms with Crippen molar-refractivity contribution in [1.82, 2.24) is 0 Å². The molecular formula is C19H16F3NO. The number of rotatable bonds is 3. The minimum absolute atomic E-state index is 0.341. The number of nitrogens with one attached hydrogen (secondary N) is 1. The third-order valence-corrected chi connectivity index (χ3v) is 4.42. The van der Waals surface area contributed by atoms with Crippen LogP contribution in [-0.2, 0) is 11.0 Å². The second-order valence-electron chi connectivity index (χ2n) is 5.81. The van der Waals surface area contributed by atoms with Crippen molar-refractivity contribution in [3.8, 4) is 0 Å². The molecule has 24 heavy (non-hydrogen) atoms. The molecule has 1 N–H and O–H groups in total. The summed E-state index contributed by atoms with van der Waals surface area (Å²) in [7, 11) is 0. The number of aldehydes is 1. The Morgan fingerprint density at radius 3 is 2.38 bits per heavy atom. The van der Waals surface area contributed by atoms with Gasteiger partial charge in [0, 0.05) is 17.5 Å². The number of anilines is 1. The molecule has 0 saturated carbocycles. The van der Waals surface area contributed by atoms with E-state index in [0.29, 0.717) is 11.3 Å². The molecule has 2 aromatic carbocycles. The monoisotopic (exact) mass is 331 g/mol. The molecule has 2 nitrogen and oxygen atoms in total. The lowest BCUT2D eigenvalue weighted by atomic mass is 9.76. The van der Waals surface area contributed by atoms with E-state index in [9.17, 15) is 18.0 Å². The average molecular weight is 331 g/mol. The van der Waals surface area contributed by atoms with Crippen LogP contribution < -0.4 is 5.32 Å². The van der Waals surface area contributed by atoms with Crippen LogP contribution >= 0.6 is 0 Å². The Hall–Kier alpha value is -2.56. The molecular weight excluding hydrogens is 315 g/mol. The summed E-state index contributed by atoms with van der Waals surface area (Å²) in [5.74, 6) is -0.777. The highest BCUT2D eigenvalue weighted by Gasteiger charge is 2.38. The maximum absolute atomic E-state index is 13.0. The number of allylic oxidation sites excluding steroid dienone is 1. The number of carbonyl (C=O) groups excluding carboxylic acids is 1. The van der Waals surface area contributed by atoms with Gasteiger partial charge in [0.2, 0.25) is 0 Å². The first-order valence-corrected chi connectivity index (χ1v) is 7.56. The normalized spacial score (nSPS) is 23.0. The van der Waals surface area contributed by atoms with E-state index >= 15 is 0 Å². The van der Waals surface area contributed by atoms with Crippen LogP contribution in [0.15, 0.2) is 61.2 Å². The van der Waals surface area contributed by atoms with Crippen molar-refractivity contribution in [3.05, 3.63) is 77.9 Å². The molecule has 1 heterocycles. The highest BCUT2D eigenvalue weighted by Crippen LogP contribution is 2.45. The standard InChI is InChI=1S/C19H16F3NO/c1-2-14-15-9-8-13(19(20,21)22)10-17(15)23-18(16(14)11-24)12-6-4-3-5-7-12/h2-11,14,16,18,23H,1H2/t14-,16+,18-/m1/s1. The van der Waals surface area contributed by atoms with Crippen LogP contribution in [0.5, 0.6) is 0 Å². The molecule has 0 unspecified atom stereocenters. The zero-order chi connectivity index (χ0) is 17.3. The molecule has 124 valence electrons. The van der Waals surface area contributed by atoms with E-state index in [4.69, 9.17) is 0 Å². The van der Waals surface area contributed by atoms with E-state index in [0.717, 1.165) is 24.0 Å². The van der Waals surface area contributed by atoms with Crippen LogP contribution in [0.2, 0.25) is 0 Å². The largest absolute Gasteiger partial charge is 0.416 e. The molecule has 0 aliphatic carbocycles. The molecule has 0 spiro atoms. The number of carbonyl (C=O) groups is 1. The maximum atomic E-state index is 13.0. The summed E-state index contributed by atoms with van der Waals surface area (Å²) in [6.07, 6.45) is -1.94. The number of hydrogen-bond donors (Lipinski definition) is 1. The molecule has 5 heteroatoms. The zero-order valence-corrected chi connectivity index (χ0v) is 12.8. The number of hydrogen-bond acceptors (Lipinski definition) is 2. The molecule has 0 aromatic heterocycles. The summed E-state index contributed by atoms with van der Waals surface area (Å²) in [5.41, 5.74) is 1.18.